The van der Waals surface area contributed by atoms with Crippen LogP contribution < -0.4 is 10.6 Å². The minimum absolute atomic E-state index is 0.220. The highest BCUT2D eigenvalue weighted by Gasteiger charge is 2.11. The van der Waals surface area contributed by atoms with Crippen LogP contribution in [0, 0.1) is 3.57 Å². The van der Waals surface area contributed by atoms with E-state index in [1.54, 1.807) is 54.6 Å². The molecule has 3 aromatic rings. The molecule has 26 heavy (non-hydrogen) atoms. The van der Waals surface area contributed by atoms with Crippen molar-refractivity contribution in [2.75, 3.05) is 10.6 Å². The molecule has 0 unspecified atom stereocenters. The Kier molecular flexibility index (Phi) is 5.90. The van der Waals surface area contributed by atoms with Gasteiger partial charge in [-0.05, 0) is 71.1 Å². The van der Waals surface area contributed by atoms with Crippen molar-refractivity contribution in [3.8, 4) is 0 Å². The highest BCUT2D eigenvalue weighted by molar-refractivity contribution is 14.1. The quantitative estimate of drug-likeness (QED) is 0.492. The Morgan fingerprint density at radius 3 is 2.15 bits per heavy atom. The topological polar surface area (TPSA) is 58.2 Å². The number of carbonyl (C=O) groups excluding carboxylic acids is 2. The summed E-state index contributed by atoms with van der Waals surface area (Å²) in [5, 5.41) is 6.15. The number of rotatable bonds is 4. The fraction of sp³-hybridized carbons (Fsp3) is 0. The van der Waals surface area contributed by atoms with Crippen molar-refractivity contribution in [2.45, 2.75) is 0 Å². The smallest absolute Gasteiger partial charge is 0.256 e. The minimum Gasteiger partial charge on any atom is -0.322 e. The molecule has 0 saturated heterocycles. The maximum absolute atomic E-state index is 12.4. The van der Waals surface area contributed by atoms with Gasteiger partial charge in [0.1, 0.15) is 0 Å². The number of amides is 2. The van der Waals surface area contributed by atoms with Gasteiger partial charge in [0.25, 0.3) is 11.8 Å². The maximum atomic E-state index is 12.4. The van der Waals surface area contributed by atoms with E-state index in [4.69, 9.17) is 11.6 Å². The molecule has 2 N–H and O–H groups in total. The van der Waals surface area contributed by atoms with Crippen LogP contribution in [0.2, 0.25) is 5.02 Å². The van der Waals surface area contributed by atoms with Crippen molar-refractivity contribution in [1.82, 2.24) is 0 Å². The van der Waals surface area contributed by atoms with Crippen LogP contribution in [0.15, 0.2) is 72.8 Å². The van der Waals surface area contributed by atoms with Crippen LogP contribution in [0.4, 0.5) is 11.4 Å². The molecular formula is C20H14ClIN2O2. The molecule has 6 heteroatoms. The average molecular weight is 477 g/mol. The molecule has 0 fully saturated rings. The normalized spacial score (nSPS) is 10.2. The first-order valence-electron chi connectivity index (χ1n) is 7.76. The standard InChI is InChI=1S/C20H14ClIN2O2/c21-14-6-4-8-16(12-14)23-19(25)13-5-3-7-15(11-13)24-20(26)17-9-1-2-10-18(17)22/h1-12H,(H,23,25)(H,24,26). The van der Waals surface area contributed by atoms with E-state index in [2.05, 4.69) is 33.2 Å². The highest BCUT2D eigenvalue weighted by Crippen LogP contribution is 2.18. The molecular weight excluding hydrogens is 463 g/mol. The zero-order valence-electron chi connectivity index (χ0n) is 13.5. The first kappa shape index (κ1) is 18.4. The summed E-state index contributed by atoms with van der Waals surface area (Å²) in [5.74, 6) is -0.500. The number of hydrogen-bond donors (Lipinski definition) is 2. The van der Waals surface area contributed by atoms with E-state index in [0.29, 0.717) is 27.5 Å². The Morgan fingerprint density at radius 2 is 1.42 bits per heavy atom. The van der Waals surface area contributed by atoms with Crippen molar-refractivity contribution in [2.24, 2.45) is 0 Å². The van der Waals surface area contributed by atoms with Gasteiger partial charge >= 0.3 is 0 Å². The maximum Gasteiger partial charge on any atom is 0.256 e. The van der Waals surface area contributed by atoms with E-state index in [1.807, 2.05) is 18.2 Å². The Balaban J connectivity index is 1.74. The van der Waals surface area contributed by atoms with E-state index in [9.17, 15) is 9.59 Å². The third-order valence-corrected chi connectivity index (χ3v) is 4.76. The molecule has 130 valence electrons. The van der Waals surface area contributed by atoms with Crippen LogP contribution in [0.1, 0.15) is 20.7 Å². The van der Waals surface area contributed by atoms with E-state index in [0.717, 1.165) is 3.57 Å². The van der Waals surface area contributed by atoms with Gasteiger partial charge in [0.2, 0.25) is 0 Å². The molecule has 0 spiro atoms. The molecule has 0 saturated carbocycles. The van der Waals surface area contributed by atoms with Crippen molar-refractivity contribution in [3.05, 3.63) is 92.5 Å². The van der Waals surface area contributed by atoms with Crippen molar-refractivity contribution in [1.29, 1.82) is 0 Å². The number of hydrogen-bond acceptors (Lipinski definition) is 2. The van der Waals surface area contributed by atoms with Crippen LogP contribution in [0.5, 0.6) is 0 Å². The first-order valence-corrected chi connectivity index (χ1v) is 9.21. The lowest BCUT2D eigenvalue weighted by Crippen LogP contribution is -2.15. The van der Waals surface area contributed by atoms with Crippen molar-refractivity contribution >= 4 is 57.4 Å². The Morgan fingerprint density at radius 1 is 0.769 bits per heavy atom. The zero-order chi connectivity index (χ0) is 18.5. The molecule has 3 aromatic carbocycles. The summed E-state index contributed by atoms with van der Waals surface area (Å²) in [6.45, 7) is 0. The van der Waals surface area contributed by atoms with Gasteiger partial charge in [-0.15, -0.1) is 0 Å². The summed E-state index contributed by atoms with van der Waals surface area (Å²) in [4.78, 5) is 24.8. The predicted molar refractivity (Wildman–Crippen MR) is 113 cm³/mol. The van der Waals surface area contributed by atoms with Crippen LogP contribution in [0.25, 0.3) is 0 Å². The largest absolute Gasteiger partial charge is 0.322 e. The van der Waals surface area contributed by atoms with E-state index < -0.39 is 0 Å². The monoisotopic (exact) mass is 476 g/mol. The summed E-state index contributed by atoms with van der Waals surface area (Å²) < 4.78 is 0.859. The van der Waals surface area contributed by atoms with Crippen LogP contribution in [-0.2, 0) is 0 Å². The van der Waals surface area contributed by atoms with E-state index in [1.165, 1.54) is 0 Å². The minimum atomic E-state index is -0.280. The summed E-state index contributed by atoms with van der Waals surface area (Å²) in [6.07, 6.45) is 0. The van der Waals surface area contributed by atoms with Gasteiger partial charge in [0.05, 0.1) is 5.56 Å². The van der Waals surface area contributed by atoms with Crippen molar-refractivity contribution in [3.63, 3.8) is 0 Å². The summed E-state index contributed by atoms with van der Waals surface area (Å²) in [5.41, 5.74) is 2.18. The molecule has 3 rings (SSSR count). The second kappa shape index (κ2) is 8.33. The van der Waals surface area contributed by atoms with E-state index >= 15 is 0 Å². The molecule has 4 nitrogen and oxygen atoms in total. The Labute approximate surface area is 169 Å². The number of nitrogens with one attached hydrogen (secondary N) is 2. The molecule has 0 heterocycles. The molecule has 0 aliphatic carbocycles. The summed E-state index contributed by atoms with van der Waals surface area (Å²) in [6, 6.07) is 21.0. The van der Waals surface area contributed by atoms with Gasteiger partial charge in [0.15, 0.2) is 0 Å². The fourth-order valence-corrected chi connectivity index (χ4v) is 3.17. The number of halogens is 2. The Bertz CT molecular complexity index is 975. The van der Waals surface area contributed by atoms with Crippen LogP contribution in [-0.4, -0.2) is 11.8 Å². The van der Waals surface area contributed by atoms with Crippen LogP contribution in [0.3, 0.4) is 0 Å². The summed E-state index contributed by atoms with van der Waals surface area (Å²) in [7, 11) is 0. The van der Waals surface area contributed by atoms with E-state index in [-0.39, 0.29) is 11.8 Å². The van der Waals surface area contributed by atoms with Gasteiger partial charge in [-0.25, -0.2) is 0 Å². The molecule has 0 bridgehead atoms. The molecule has 0 aliphatic heterocycles. The van der Waals surface area contributed by atoms with Crippen molar-refractivity contribution < 1.29 is 9.59 Å². The highest BCUT2D eigenvalue weighted by atomic mass is 127. The lowest BCUT2D eigenvalue weighted by molar-refractivity contribution is 0.101. The van der Waals surface area contributed by atoms with Crippen LogP contribution >= 0.6 is 34.2 Å². The third-order valence-electron chi connectivity index (χ3n) is 3.58. The Hall–Kier alpha value is -2.38. The molecule has 0 aromatic heterocycles. The average Bonchev–Trinajstić information content (AvgIpc) is 2.62. The molecule has 0 radical (unpaired) electrons. The lowest BCUT2D eigenvalue weighted by Gasteiger charge is -2.09. The second-order valence-corrected chi connectivity index (χ2v) is 7.08. The zero-order valence-corrected chi connectivity index (χ0v) is 16.4. The molecule has 0 aliphatic rings. The van der Waals surface area contributed by atoms with Gasteiger partial charge < -0.3 is 10.6 Å². The SMILES string of the molecule is O=C(Nc1cccc(Cl)c1)c1cccc(NC(=O)c2ccccc2I)c1. The lowest BCUT2D eigenvalue weighted by atomic mass is 10.1. The van der Waals surface area contributed by atoms with Gasteiger partial charge in [-0.2, -0.15) is 0 Å². The van der Waals surface area contributed by atoms with Gasteiger partial charge in [-0.1, -0.05) is 35.9 Å². The third kappa shape index (κ3) is 4.62. The predicted octanol–water partition coefficient (Wildman–Crippen LogP) is 5.45. The molecule has 2 amide bonds. The summed E-state index contributed by atoms with van der Waals surface area (Å²) >= 11 is 8.04. The first-order chi connectivity index (χ1) is 12.5. The van der Waals surface area contributed by atoms with Gasteiger partial charge in [0, 0.05) is 25.5 Å². The molecule has 0 atom stereocenters. The fourth-order valence-electron chi connectivity index (χ4n) is 2.35. The van der Waals surface area contributed by atoms with Gasteiger partial charge in [-0.3, -0.25) is 9.59 Å². The number of anilines is 2. The number of carbonyl (C=O) groups is 2. The second-order valence-electron chi connectivity index (χ2n) is 5.48. The number of benzene rings is 3.